The number of hydrogen-bond donors (Lipinski definition) is 1. The standard InChI is InChI=1S/C19H32N4/c1-3-23(4-2)19(20)21-15-17-9-11-18(12-10-17)16-22-13-7-5-6-8-14-22/h9-12H,3-8,13-16H2,1-2H3,(H2,20,21). The first-order valence-corrected chi connectivity index (χ1v) is 9.08. The van der Waals surface area contributed by atoms with Gasteiger partial charge in [-0.3, -0.25) is 4.90 Å². The van der Waals surface area contributed by atoms with Crippen LogP contribution >= 0.6 is 0 Å². The highest BCUT2D eigenvalue weighted by Crippen LogP contribution is 2.14. The molecule has 0 spiro atoms. The zero-order valence-corrected chi connectivity index (χ0v) is 14.8. The summed E-state index contributed by atoms with van der Waals surface area (Å²) < 4.78 is 0. The number of guanidine groups is 1. The van der Waals surface area contributed by atoms with E-state index in [-0.39, 0.29) is 0 Å². The quantitative estimate of drug-likeness (QED) is 0.647. The molecule has 0 radical (unpaired) electrons. The van der Waals surface area contributed by atoms with Crippen LogP contribution in [0.15, 0.2) is 29.3 Å². The maximum absolute atomic E-state index is 6.02. The van der Waals surface area contributed by atoms with E-state index in [0.717, 1.165) is 19.6 Å². The lowest BCUT2D eigenvalue weighted by atomic mass is 10.1. The van der Waals surface area contributed by atoms with Crippen molar-refractivity contribution < 1.29 is 0 Å². The second-order valence-corrected chi connectivity index (χ2v) is 6.35. The summed E-state index contributed by atoms with van der Waals surface area (Å²) in [5.41, 5.74) is 8.65. The third-order valence-electron chi connectivity index (χ3n) is 4.64. The lowest BCUT2D eigenvalue weighted by Gasteiger charge is -2.20. The van der Waals surface area contributed by atoms with Crippen LogP contribution in [0.1, 0.15) is 50.7 Å². The van der Waals surface area contributed by atoms with Crippen LogP contribution in [0.2, 0.25) is 0 Å². The molecule has 128 valence electrons. The van der Waals surface area contributed by atoms with Crippen LogP contribution in [0, 0.1) is 0 Å². The van der Waals surface area contributed by atoms with E-state index < -0.39 is 0 Å². The summed E-state index contributed by atoms with van der Waals surface area (Å²) in [6, 6.07) is 8.85. The minimum atomic E-state index is 0.642. The summed E-state index contributed by atoms with van der Waals surface area (Å²) in [5.74, 6) is 0.642. The SMILES string of the molecule is CCN(CC)C(N)=NCc1ccc(CN2CCCCCC2)cc1. The average Bonchev–Trinajstić information content (AvgIpc) is 2.84. The normalized spacial score (nSPS) is 17.0. The van der Waals surface area contributed by atoms with E-state index in [0.29, 0.717) is 12.5 Å². The van der Waals surface area contributed by atoms with E-state index in [1.807, 2.05) is 0 Å². The minimum absolute atomic E-state index is 0.642. The van der Waals surface area contributed by atoms with Crippen LogP contribution in [0.25, 0.3) is 0 Å². The Hall–Kier alpha value is -1.55. The molecule has 4 heteroatoms. The Kier molecular flexibility index (Phi) is 7.40. The number of nitrogens with two attached hydrogens (primary N) is 1. The van der Waals surface area contributed by atoms with Gasteiger partial charge in [-0.15, -0.1) is 0 Å². The first-order valence-electron chi connectivity index (χ1n) is 9.08. The molecule has 0 atom stereocenters. The molecule has 0 aliphatic carbocycles. The molecule has 1 heterocycles. The van der Waals surface area contributed by atoms with E-state index in [2.05, 4.69) is 52.9 Å². The molecule has 1 aromatic rings. The van der Waals surface area contributed by atoms with Gasteiger partial charge in [-0.2, -0.15) is 0 Å². The monoisotopic (exact) mass is 316 g/mol. The second-order valence-electron chi connectivity index (χ2n) is 6.35. The molecule has 1 saturated heterocycles. The molecular formula is C19H32N4. The third kappa shape index (κ3) is 5.87. The molecule has 0 aromatic heterocycles. The largest absolute Gasteiger partial charge is 0.370 e. The fourth-order valence-corrected chi connectivity index (χ4v) is 3.12. The molecule has 1 aromatic carbocycles. The Bertz CT molecular complexity index is 469. The fraction of sp³-hybridized carbons (Fsp3) is 0.632. The highest BCUT2D eigenvalue weighted by atomic mass is 15.2. The van der Waals surface area contributed by atoms with Crippen molar-refractivity contribution in [1.82, 2.24) is 9.80 Å². The maximum Gasteiger partial charge on any atom is 0.191 e. The number of likely N-dealkylation sites (tertiary alicyclic amines) is 1. The van der Waals surface area contributed by atoms with E-state index in [9.17, 15) is 0 Å². The highest BCUT2D eigenvalue weighted by molar-refractivity contribution is 5.77. The maximum atomic E-state index is 6.02. The predicted octanol–water partition coefficient (Wildman–Crippen LogP) is 3.22. The van der Waals surface area contributed by atoms with E-state index in [1.165, 1.54) is 49.9 Å². The molecule has 2 rings (SSSR count). The summed E-state index contributed by atoms with van der Waals surface area (Å²) >= 11 is 0. The molecule has 0 bridgehead atoms. The van der Waals surface area contributed by atoms with Crippen molar-refractivity contribution in [3.8, 4) is 0 Å². The topological polar surface area (TPSA) is 44.9 Å². The van der Waals surface area contributed by atoms with Gasteiger partial charge in [0.2, 0.25) is 0 Å². The van der Waals surface area contributed by atoms with Crippen LogP contribution in [0.5, 0.6) is 0 Å². The number of nitrogens with zero attached hydrogens (tertiary/aromatic N) is 3. The molecule has 1 aliphatic rings. The van der Waals surface area contributed by atoms with Gasteiger partial charge >= 0.3 is 0 Å². The number of rotatable bonds is 6. The molecule has 0 saturated carbocycles. The molecule has 4 nitrogen and oxygen atoms in total. The van der Waals surface area contributed by atoms with Crippen molar-refractivity contribution in [1.29, 1.82) is 0 Å². The van der Waals surface area contributed by atoms with Crippen molar-refractivity contribution in [3.05, 3.63) is 35.4 Å². The smallest absolute Gasteiger partial charge is 0.191 e. The van der Waals surface area contributed by atoms with E-state index in [4.69, 9.17) is 5.73 Å². The molecule has 23 heavy (non-hydrogen) atoms. The summed E-state index contributed by atoms with van der Waals surface area (Å²) in [4.78, 5) is 9.16. The number of benzene rings is 1. The van der Waals surface area contributed by atoms with Crippen LogP contribution in [0.4, 0.5) is 0 Å². The van der Waals surface area contributed by atoms with Crippen molar-refractivity contribution in [3.63, 3.8) is 0 Å². The molecule has 0 amide bonds. The Morgan fingerprint density at radius 2 is 1.57 bits per heavy atom. The van der Waals surface area contributed by atoms with Gasteiger partial charge in [0.1, 0.15) is 0 Å². The Morgan fingerprint density at radius 1 is 1.00 bits per heavy atom. The number of hydrogen-bond acceptors (Lipinski definition) is 2. The lowest BCUT2D eigenvalue weighted by molar-refractivity contribution is 0.277. The first kappa shape index (κ1) is 17.8. The van der Waals surface area contributed by atoms with Crippen LogP contribution in [-0.4, -0.2) is 41.9 Å². The first-order chi connectivity index (χ1) is 11.2. The average molecular weight is 316 g/mol. The summed E-state index contributed by atoms with van der Waals surface area (Å²) in [7, 11) is 0. The van der Waals surface area contributed by atoms with Crippen LogP contribution in [0.3, 0.4) is 0 Å². The summed E-state index contributed by atoms with van der Waals surface area (Å²) in [5, 5.41) is 0. The second kappa shape index (κ2) is 9.56. The number of aliphatic imine (C=N–C) groups is 1. The molecule has 0 unspecified atom stereocenters. The van der Waals surface area contributed by atoms with Crippen molar-refractivity contribution in [2.75, 3.05) is 26.2 Å². The highest BCUT2D eigenvalue weighted by Gasteiger charge is 2.09. The van der Waals surface area contributed by atoms with Gasteiger partial charge in [-0.05, 0) is 50.9 Å². The lowest BCUT2D eigenvalue weighted by Crippen LogP contribution is -2.37. The zero-order chi connectivity index (χ0) is 16.5. The third-order valence-corrected chi connectivity index (χ3v) is 4.64. The van der Waals surface area contributed by atoms with Crippen molar-refractivity contribution in [2.45, 2.75) is 52.6 Å². The fourth-order valence-electron chi connectivity index (χ4n) is 3.12. The van der Waals surface area contributed by atoms with Crippen LogP contribution in [-0.2, 0) is 13.1 Å². The molecule has 2 N–H and O–H groups in total. The van der Waals surface area contributed by atoms with Gasteiger partial charge in [0.05, 0.1) is 6.54 Å². The molecule has 1 aliphatic heterocycles. The van der Waals surface area contributed by atoms with Gasteiger partial charge in [0.15, 0.2) is 5.96 Å². The Morgan fingerprint density at radius 3 is 2.13 bits per heavy atom. The summed E-state index contributed by atoms with van der Waals surface area (Å²) in [6.07, 6.45) is 5.47. The van der Waals surface area contributed by atoms with Gasteiger partial charge in [-0.25, -0.2) is 4.99 Å². The van der Waals surface area contributed by atoms with Crippen LogP contribution < -0.4 is 5.73 Å². The van der Waals surface area contributed by atoms with Gasteiger partial charge < -0.3 is 10.6 Å². The van der Waals surface area contributed by atoms with Gasteiger partial charge in [0.25, 0.3) is 0 Å². The minimum Gasteiger partial charge on any atom is -0.370 e. The van der Waals surface area contributed by atoms with Crippen molar-refractivity contribution >= 4 is 5.96 Å². The molecular weight excluding hydrogens is 284 g/mol. The summed E-state index contributed by atoms with van der Waals surface area (Å²) in [6.45, 7) is 10.2. The van der Waals surface area contributed by atoms with E-state index in [1.54, 1.807) is 0 Å². The van der Waals surface area contributed by atoms with Gasteiger partial charge in [-0.1, -0.05) is 37.1 Å². The van der Waals surface area contributed by atoms with E-state index >= 15 is 0 Å². The molecule has 1 fully saturated rings. The zero-order valence-electron chi connectivity index (χ0n) is 14.8. The predicted molar refractivity (Wildman–Crippen MR) is 98.4 cm³/mol. The van der Waals surface area contributed by atoms with Gasteiger partial charge in [0, 0.05) is 19.6 Å². The Balaban J connectivity index is 1.87. The Labute approximate surface area is 141 Å². The van der Waals surface area contributed by atoms with Crippen molar-refractivity contribution in [2.24, 2.45) is 10.7 Å².